The van der Waals surface area contributed by atoms with E-state index in [1.54, 1.807) is 0 Å². The van der Waals surface area contributed by atoms with Crippen LogP contribution in [0.5, 0.6) is 0 Å². The van der Waals surface area contributed by atoms with Crippen LogP contribution in [0.15, 0.2) is 24.5 Å². The highest BCUT2D eigenvalue weighted by molar-refractivity contribution is 5.20. The van der Waals surface area contributed by atoms with E-state index >= 15 is 0 Å². The Balaban J connectivity index is 2.59. The van der Waals surface area contributed by atoms with Gasteiger partial charge in [-0.2, -0.15) is 0 Å². The van der Waals surface area contributed by atoms with Gasteiger partial charge in [0, 0.05) is 12.4 Å². The van der Waals surface area contributed by atoms with Crippen molar-refractivity contribution in [3.05, 3.63) is 30.1 Å². The third-order valence-corrected chi connectivity index (χ3v) is 3.42. The summed E-state index contributed by atoms with van der Waals surface area (Å²) in [5.74, 6) is 0.839. The van der Waals surface area contributed by atoms with Gasteiger partial charge in [-0.25, -0.2) is 0 Å². The molecule has 0 aliphatic heterocycles. The molecule has 0 saturated carbocycles. The molecule has 84 valence electrons. The zero-order valence-electron chi connectivity index (χ0n) is 10.5. The van der Waals surface area contributed by atoms with Crippen LogP contribution >= 0.6 is 0 Å². The van der Waals surface area contributed by atoms with Crippen LogP contribution in [0, 0.1) is 5.92 Å². The number of hydrogen-bond acceptors (Lipinski definition) is 1. The van der Waals surface area contributed by atoms with Gasteiger partial charge in [-0.3, -0.25) is 4.98 Å². The van der Waals surface area contributed by atoms with Crippen molar-refractivity contribution >= 4 is 0 Å². The highest BCUT2D eigenvalue weighted by Gasteiger charge is 2.20. The third-order valence-electron chi connectivity index (χ3n) is 3.42. The molecule has 0 fully saturated rings. The largest absolute Gasteiger partial charge is 0.265 e. The van der Waals surface area contributed by atoms with Gasteiger partial charge in [-0.15, -0.1) is 0 Å². The molecule has 0 bridgehead atoms. The average Bonchev–Trinajstić information content (AvgIpc) is 2.27. The van der Waals surface area contributed by atoms with Crippen LogP contribution in [0.1, 0.15) is 52.5 Å². The zero-order valence-corrected chi connectivity index (χ0v) is 10.5. The smallest absolute Gasteiger partial charge is 0.0270 e. The van der Waals surface area contributed by atoms with Gasteiger partial charge in [0.25, 0.3) is 0 Å². The molecule has 1 atom stereocenters. The molecule has 0 amide bonds. The first-order valence-electron chi connectivity index (χ1n) is 5.96. The van der Waals surface area contributed by atoms with E-state index in [-0.39, 0.29) is 5.41 Å². The molecular formula is C14H23N. The number of aromatic nitrogens is 1. The molecule has 0 radical (unpaired) electrons. The molecule has 1 nitrogen and oxygen atoms in total. The highest BCUT2D eigenvalue weighted by atomic mass is 14.6. The summed E-state index contributed by atoms with van der Waals surface area (Å²) in [4.78, 5) is 4.07. The molecule has 0 N–H and O–H groups in total. The Labute approximate surface area is 93.9 Å². The minimum atomic E-state index is 0.284. The van der Waals surface area contributed by atoms with Crippen molar-refractivity contribution in [3.8, 4) is 0 Å². The molecule has 15 heavy (non-hydrogen) atoms. The van der Waals surface area contributed by atoms with Crippen LogP contribution in [0.4, 0.5) is 0 Å². The fourth-order valence-corrected chi connectivity index (χ4v) is 1.76. The van der Waals surface area contributed by atoms with Gasteiger partial charge in [0.1, 0.15) is 0 Å². The molecule has 1 heterocycles. The van der Waals surface area contributed by atoms with Gasteiger partial charge in [-0.1, -0.05) is 34.1 Å². The van der Waals surface area contributed by atoms with Crippen LogP contribution in [-0.4, -0.2) is 4.98 Å². The van der Waals surface area contributed by atoms with Gasteiger partial charge >= 0.3 is 0 Å². The number of pyridine rings is 1. The maximum Gasteiger partial charge on any atom is 0.0270 e. The van der Waals surface area contributed by atoms with Gasteiger partial charge in [0.2, 0.25) is 0 Å². The van der Waals surface area contributed by atoms with E-state index in [9.17, 15) is 0 Å². The van der Waals surface area contributed by atoms with Gasteiger partial charge in [-0.05, 0) is 41.9 Å². The average molecular weight is 205 g/mol. The lowest BCUT2D eigenvalue weighted by atomic mass is 9.79. The van der Waals surface area contributed by atoms with Crippen molar-refractivity contribution < 1.29 is 0 Å². The Morgan fingerprint density at radius 1 is 1.27 bits per heavy atom. The van der Waals surface area contributed by atoms with E-state index in [4.69, 9.17) is 0 Å². The number of nitrogens with zero attached hydrogens (tertiary/aromatic N) is 1. The van der Waals surface area contributed by atoms with Gasteiger partial charge < -0.3 is 0 Å². The third kappa shape index (κ3) is 3.65. The van der Waals surface area contributed by atoms with Crippen molar-refractivity contribution in [2.45, 2.75) is 52.4 Å². The second-order valence-corrected chi connectivity index (χ2v) is 5.17. The molecule has 0 spiro atoms. The maximum atomic E-state index is 4.07. The second-order valence-electron chi connectivity index (χ2n) is 5.17. The Morgan fingerprint density at radius 3 is 2.40 bits per heavy atom. The van der Waals surface area contributed by atoms with Crippen LogP contribution in [0.25, 0.3) is 0 Å². The summed E-state index contributed by atoms with van der Waals surface area (Å²) in [5.41, 5.74) is 1.69. The first-order chi connectivity index (χ1) is 7.06. The van der Waals surface area contributed by atoms with Crippen molar-refractivity contribution in [1.82, 2.24) is 4.98 Å². The Hall–Kier alpha value is -0.850. The van der Waals surface area contributed by atoms with Crippen molar-refractivity contribution in [1.29, 1.82) is 0 Å². The first-order valence-corrected chi connectivity index (χ1v) is 5.96. The lowest BCUT2D eigenvalue weighted by Gasteiger charge is -2.26. The predicted octanol–water partition coefficient (Wildman–Crippen LogP) is 4.19. The van der Waals surface area contributed by atoms with Crippen LogP contribution in [-0.2, 0) is 5.41 Å². The van der Waals surface area contributed by atoms with Crippen molar-refractivity contribution in [3.63, 3.8) is 0 Å². The summed E-state index contributed by atoms with van der Waals surface area (Å²) in [7, 11) is 0. The summed E-state index contributed by atoms with van der Waals surface area (Å²) >= 11 is 0. The fraction of sp³-hybridized carbons (Fsp3) is 0.643. The van der Waals surface area contributed by atoms with Crippen LogP contribution in [0.2, 0.25) is 0 Å². The minimum Gasteiger partial charge on any atom is -0.265 e. The lowest BCUT2D eigenvalue weighted by molar-refractivity contribution is 0.394. The predicted molar refractivity (Wildman–Crippen MR) is 66.0 cm³/mol. The minimum absolute atomic E-state index is 0.284. The molecule has 1 aromatic rings. The summed E-state index contributed by atoms with van der Waals surface area (Å²) in [6, 6.07) is 4.27. The summed E-state index contributed by atoms with van der Waals surface area (Å²) < 4.78 is 0. The molecule has 1 aromatic heterocycles. The lowest BCUT2D eigenvalue weighted by Crippen LogP contribution is -2.18. The standard InChI is InChI=1S/C14H23N/c1-5-12(2)6-9-14(3,4)13-7-10-15-11-8-13/h7-8,10-12H,5-6,9H2,1-4H3. The SMILES string of the molecule is CCC(C)CCC(C)(C)c1ccncc1. The van der Waals surface area contributed by atoms with Crippen molar-refractivity contribution in [2.24, 2.45) is 5.92 Å². The Morgan fingerprint density at radius 2 is 1.87 bits per heavy atom. The van der Waals surface area contributed by atoms with E-state index in [1.165, 1.54) is 24.8 Å². The van der Waals surface area contributed by atoms with E-state index < -0.39 is 0 Å². The molecule has 0 aromatic carbocycles. The first kappa shape index (κ1) is 12.2. The van der Waals surface area contributed by atoms with Crippen LogP contribution < -0.4 is 0 Å². The normalized spacial score (nSPS) is 13.9. The topological polar surface area (TPSA) is 12.9 Å². The molecule has 0 aliphatic rings. The number of rotatable bonds is 5. The monoisotopic (exact) mass is 205 g/mol. The maximum absolute atomic E-state index is 4.07. The highest BCUT2D eigenvalue weighted by Crippen LogP contribution is 2.29. The molecule has 1 heteroatoms. The van der Waals surface area contributed by atoms with E-state index in [0.717, 1.165) is 5.92 Å². The molecule has 1 rings (SSSR count). The zero-order chi connectivity index (χ0) is 11.3. The van der Waals surface area contributed by atoms with E-state index in [2.05, 4.69) is 44.8 Å². The van der Waals surface area contributed by atoms with E-state index in [0.29, 0.717) is 0 Å². The molecule has 0 aliphatic carbocycles. The van der Waals surface area contributed by atoms with E-state index in [1.807, 2.05) is 12.4 Å². The molecule has 0 saturated heterocycles. The summed E-state index contributed by atoms with van der Waals surface area (Å²) in [5, 5.41) is 0. The number of hydrogen-bond donors (Lipinski definition) is 0. The second kappa shape index (κ2) is 5.29. The summed E-state index contributed by atoms with van der Waals surface area (Å²) in [6.45, 7) is 9.25. The van der Waals surface area contributed by atoms with Gasteiger partial charge in [0.05, 0.1) is 0 Å². The quantitative estimate of drug-likeness (QED) is 0.702. The Kier molecular flexibility index (Phi) is 4.31. The molecule has 1 unspecified atom stereocenters. The summed E-state index contributed by atoms with van der Waals surface area (Å²) in [6.07, 6.45) is 7.63. The van der Waals surface area contributed by atoms with Crippen molar-refractivity contribution in [2.75, 3.05) is 0 Å². The molecular weight excluding hydrogens is 182 g/mol. The van der Waals surface area contributed by atoms with Crippen LogP contribution in [0.3, 0.4) is 0 Å². The Bertz CT molecular complexity index is 277. The fourth-order valence-electron chi connectivity index (χ4n) is 1.76. The van der Waals surface area contributed by atoms with Gasteiger partial charge in [0.15, 0.2) is 0 Å².